The molecule has 0 saturated carbocycles. The number of allylic oxidation sites excluding steroid dienone is 3. The molecule has 7 heteroatoms. The van der Waals surface area contributed by atoms with Crippen LogP contribution in [0.3, 0.4) is 0 Å². The number of likely N-dealkylation sites (N-methyl/N-ethyl adjacent to an activating group) is 1. The highest BCUT2D eigenvalue weighted by Gasteiger charge is 2.37. The van der Waals surface area contributed by atoms with Crippen LogP contribution in [0.1, 0.15) is 44.2 Å². The van der Waals surface area contributed by atoms with E-state index in [9.17, 15) is 4.79 Å². The summed E-state index contributed by atoms with van der Waals surface area (Å²) < 4.78 is 27.5. The van der Waals surface area contributed by atoms with E-state index in [4.69, 9.17) is 9.47 Å². The summed E-state index contributed by atoms with van der Waals surface area (Å²) in [5.74, 6) is 0.0470. The van der Waals surface area contributed by atoms with Crippen LogP contribution in [0.25, 0.3) is 0 Å². The molecule has 1 aromatic carbocycles. The molecule has 40 heavy (non-hydrogen) atoms. The lowest BCUT2D eigenvalue weighted by molar-refractivity contribution is -0.113. The van der Waals surface area contributed by atoms with Crippen LogP contribution in [0.5, 0.6) is 0 Å². The molecule has 0 N–H and O–H groups in total. The maximum absolute atomic E-state index is 15.5. The van der Waals surface area contributed by atoms with E-state index in [2.05, 4.69) is 66.4 Å². The van der Waals surface area contributed by atoms with Crippen molar-refractivity contribution in [2.75, 3.05) is 59.5 Å². The zero-order valence-corrected chi connectivity index (χ0v) is 24.5. The van der Waals surface area contributed by atoms with Crippen LogP contribution >= 0.6 is 0 Å². The second-order valence-electron chi connectivity index (χ2n) is 11.1. The molecule has 1 saturated heterocycles. The molecular formula is C33H46FN3O3. The molecule has 0 aromatic heterocycles. The number of fused-ring (bicyclic) bond motifs is 1. The largest absolute Gasteiger partial charge is 0.497 e. The van der Waals surface area contributed by atoms with Gasteiger partial charge in [-0.25, -0.2) is 4.39 Å². The number of carbonyl (C=O) groups is 1. The highest BCUT2D eigenvalue weighted by Crippen LogP contribution is 2.34. The molecule has 218 valence electrons. The van der Waals surface area contributed by atoms with Crippen LogP contribution in [-0.4, -0.2) is 92.2 Å². The predicted molar refractivity (Wildman–Crippen MR) is 159 cm³/mol. The van der Waals surface area contributed by atoms with E-state index in [1.165, 1.54) is 11.6 Å². The number of nitrogens with zero attached hydrogens (tertiary/aromatic N) is 3. The molecular weight excluding hydrogens is 505 g/mol. The van der Waals surface area contributed by atoms with E-state index in [-0.39, 0.29) is 17.5 Å². The summed E-state index contributed by atoms with van der Waals surface area (Å²) in [5.41, 5.74) is 3.14. The van der Waals surface area contributed by atoms with Crippen LogP contribution in [0.2, 0.25) is 0 Å². The lowest BCUT2D eigenvalue weighted by Gasteiger charge is -2.37. The summed E-state index contributed by atoms with van der Waals surface area (Å²) >= 11 is 0. The number of benzene rings is 1. The number of halogens is 1. The first-order chi connectivity index (χ1) is 19.4. The van der Waals surface area contributed by atoms with Crippen molar-refractivity contribution in [3.05, 3.63) is 83.1 Å². The number of piperazine rings is 1. The summed E-state index contributed by atoms with van der Waals surface area (Å²) in [7, 11) is 2.15. The first kappa shape index (κ1) is 30.2. The molecule has 2 heterocycles. The third-order valence-electron chi connectivity index (χ3n) is 8.08. The maximum atomic E-state index is 15.5. The highest BCUT2D eigenvalue weighted by molar-refractivity contribution is 6.10. The van der Waals surface area contributed by atoms with Crippen molar-refractivity contribution >= 4 is 5.78 Å². The van der Waals surface area contributed by atoms with Crippen LogP contribution in [-0.2, 0) is 27.1 Å². The Bertz CT molecular complexity index is 1100. The Morgan fingerprint density at radius 2 is 1.77 bits per heavy atom. The monoisotopic (exact) mass is 551 g/mol. The molecule has 2 aliphatic heterocycles. The molecule has 1 aliphatic carbocycles. The van der Waals surface area contributed by atoms with Gasteiger partial charge in [0, 0.05) is 76.9 Å². The quantitative estimate of drug-likeness (QED) is 0.319. The molecule has 1 fully saturated rings. The van der Waals surface area contributed by atoms with Crippen molar-refractivity contribution in [3.63, 3.8) is 0 Å². The fraction of sp³-hybridized carbons (Fsp3) is 0.545. The van der Waals surface area contributed by atoms with E-state index < -0.39 is 11.9 Å². The minimum Gasteiger partial charge on any atom is -0.497 e. The van der Waals surface area contributed by atoms with E-state index in [0.717, 1.165) is 51.1 Å². The van der Waals surface area contributed by atoms with Gasteiger partial charge < -0.3 is 19.3 Å². The molecule has 2 atom stereocenters. The first-order valence-electron chi connectivity index (χ1n) is 14.9. The van der Waals surface area contributed by atoms with E-state index in [1.807, 2.05) is 6.20 Å². The Labute approximate surface area is 239 Å². The smallest absolute Gasteiger partial charge is 0.191 e. The summed E-state index contributed by atoms with van der Waals surface area (Å²) in [6.07, 6.45) is 8.31. The van der Waals surface area contributed by atoms with E-state index >= 15 is 4.39 Å². The Morgan fingerprint density at radius 3 is 2.48 bits per heavy atom. The van der Waals surface area contributed by atoms with Gasteiger partial charge in [0.25, 0.3) is 0 Å². The van der Waals surface area contributed by atoms with Gasteiger partial charge in [-0.2, -0.15) is 0 Å². The fourth-order valence-corrected chi connectivity index (χ4v) is 5.51. The summed E-state index contributed by atoms with van der Waals surface area (Å²) in [5, 5.41) is 0. The lowest BCUT2D eigenvalue weighted by Crippen LogP contribution is -2.45. The minimum atomic E-state index is -0.461. The number of aryl methyl sites for hydroxylation is 1. The summed E-state index contributed by atoms with van der Waals surface area (Å²) in [6, 6.07) is 7.92. The molecule has 3 aliphatic rings. The van der Waals surface area contributed by atoms with Gasteiger partial charge in [-0.15, -0.1) is 0 Å². The SMILES string of the molecule is C=C(CCN1C=C(Cc2ccc(CC)cc2)C(=O)C2=C(F)C=CC(OCCC)CC21)OCCN1CCN(C)CC1. The Hall–Kier alpha value is -2.74. The molecule has 1 aromatic rings. The standard InChI is InChI=1S/C33H46FN3O3/c1-5-20-40-29-11-12-30(34)32-31(23-29)37(14-13-25(3)39-21-19-36-17-15-35(4)16-18-36)24-28(33(32)38)22-27-9-7-26(6-2)8-10-27/h7-12,24,29,31H,3,5-6,13-23H2,1-2,4H3. The third-order valence-corrected chi connectivity index (χ3v) is 8.08. The Balaban J connectivity index is 1.46. The van der Waals surface area contributed by atoms with Crippen molar-refractivity contribution < 1.29 is 18.7 Å². The third kappa shape index (κ3) is 8.15. The van der Waals surface area contributed by atoms with Crippen molar-refractivity contribution in [2.24, 2.45) is 0 Å². The highest BCUT2D eigenvalue weighted by atomic mass is 19.1. The van der Waals surface area contributed by atoms with Crippen molar-refractivity contribution in [2.45, 2.75) is 58.1 Å². The summed E-state index contributed by atoms with van der Waals surface area (Å²) in [4.78, 5) is 20.5. The molecule has 4 rings (SSSR count). The number of hydrogen-bond donors (Lipinski definition) is 0. The lowest BCUT2D eigenvalue weighted by atomic mass is 9.87. The van der Waals surface area contributed by atoms with Gasteiger partial charge in [0.05, 0.1) is 23.5 Å². The average Bonchev–Trinajstić information content (AvgIpc) is 3.13. The number of ether oxygens (including phenoxy) is 2. The number of Topliss-reactive ketones (excluding diaryl/α,β-unsaturated/α-hetero) is 1. The molecule has 6 nitrogen and oxygen atoms in total. The van der Waals surface area contributed by atoms with Crippen LogP contribution < -0.4 is 0 Å². The average molecular weight is 552 g/mol. The Morgan fingerprint density at radius 1 is 1.05 bits per heavy atom. The molecule has 0 bridgehead atoms. The van der Waals surface area contributed by atoms with Gasteiger partial charge in [-0.05, 0) is 37.1 Å². The van der Waals surface area contributed by atoms with Crippen LogP contribution in [0.15, 0.2) is 71.9 Å². The van der Waals surface area contributed by atoms with Gasteiger partial charge in [0.15, 0.2) is 5.78 Å². The van der Waals surface area contributed by atoms with Crippen molar-refractivity contribution in [1.29, 1.82) is 0 Å². The number of rotatable bonds is 13. The Kier molecular flexibility index (Phi) is 11.2. The van der Waals surface area contributed by atoms with Crippen LogP contribution in [0, 0.1) is 0 Å². The zero-order chi connectivity index (χ0) is 28.5. The predicted octanol–water partition coefficient (Wildman–Crippen LogP) is 5.08. The van der Waals surface area contributed by atoms with Crippen LogP contribution in [0.4, 0.5) is 4.39 Å². The number of hydrogen-bond acceptors (Lipinski definition) is 6. The molecule has 2 unspecified atom stereocenters. The van der Waals surface area contributed by atoms with Gasteiger partial charge in [-0.1, -0.05) is 50.8 Å². The van der Waals surface area contributed by atoms with Gasteiger partial charge >= 0.3 is 0 Å². The second-order valence-corrected chi connectivity index (χ2v) is 11.1. The fourth-order valence-electron chi connectivity index (χ4n) is 5.51. The number of ketones is 1. The van der Waals surface area contributed by atoms with Crippen molar-refractivity contribution in [1.82, 2.24) is 14.7 Å². The van der Waals surface area contributed by atoms with E-state index in [0.29, 0.717) is 50.4 Å². The number of carbonyl (C=O) groups excluding carboxylic acids is 1. The van der Waals surface area contributed by atoms with Gasteiger partial charge in [0.2, 0.25) is 0 Å². The second kappa shape index (κ2) is 14.8. The van der Waals surface area contributed by atoms with Gasteiger partial charge in [0.1, 0.15) is 12.4 Å². The van der Waals surface area contributed by atoms with E-state index in [1.54, 1.807) is 6.08 Å². The topological polar surface area (TPSA) is 45.3 Å². The maximum Gasteiger partial charge on any atom is 0.191 e. The normalized spacial score (nSPS) is 22.2. The first-order valence-corrected chi connectivity index (χ1v) is 14.9. The molecule has 0 radical (unpaired) electrons. The molecule has 0 amide bonds. The van der Waals surface area contributed by atoms with Crippen molar-refractivity contribution in [3.8, 4) is 0 Å². The summed E-state index contributed by atoms with van der Waals surface area (Å²) in [6.45, 7) is 15.3. The minimum absolute atomic E-state index is 0.207. The molecule has 0 spiro atoms. The van der Waals surface area contributed by atoms with Gasteiger partial charge in [-0.3, -0.25) is 9.69 Å². The zero-order valence-electron chi connectivity index (χ0n) is 24.5.